The first-order chi connectivity index (χ1) is 10.1. The van der Waals surface area contributed by atoms with Crippen LogP contribution in [0.2, 0.25) is 0 Å². The Balaban J connectivity index is 2.21. The predicted molar refractivity (Wildman–Crippen MR) is 85.3 cm³/mol. The first kappa shape index (κ1) is 16.3. The molecule has 0 saturated heterocycles. The normalized spacial score (nSPS) is 16.9. The lowest BCUT2D eigenvalue weighted by Gasteiger charge is -2.22. The van der Waals surface area contributed by atoms with Crippen molar-refractivity contribution in [3.63, 3.8) is 0 Å². The molecule has 1 saturated carbocycles. The summed E-state index contributed by atoms with van der Waals surface area (Å²) < 4.78 is 30.6. The van der Waals surface area contributed by atoms with Crippen LogP contribution in [0.25, 0.3) is 0 Å². The van der Waals surface area contributed by atoms with Crippen LogP contribution in [0.5, 0.6) is 5.75 Å². The quantitative estimate of drug-likeness (QED) is 0.877. The van der Waals surface area contributed by atoms with Crippen molar-refractivity contribution in [1.29, 1.82) is 0 Å². The Hall–Kier alpha value is -1.07. The number of methoxy groups -OCH3 is 1. The molecule has 1 aliphatic rings. The highest BCUT2D eigenvalue weighted by molar-refractivity contribution is 7.91. The van der Waals surface area contributed by atoms with Gasteiger partial charge in [-0.1, -0.05) is 25.3 Å². The third-order valence-corrected chi connectivity index (χ3v) is 6.34. The number of hydrogen-bond acceptors (Lipinski definition) is 4. The fourth-order valence-electron chi connectivity index (χ4n) is 3.02. The Labute approximate surface area is 127 Å². The maximum Gasteiger partial charge on any atom is 0.157 e. The van der Waals surface area contributed by atoms with E-state index in [1.165, 1.54) is 0 Å². The number of ether oxygens (including phenoxy) is 1. The van der Waals surface area contributed by atoms with E-state index in [0.717, 1.165) is 49.8 Å². The van der Waals surface area contributed by atoms with Gasteiger partial charge >= 0.3 is 0 Å². The molecule has 0 heterocycles. The van der Waals surface area contributed by atoms with Crippen LogP contribution in [0.4, 0.5) is 0 Å². The summed E-state index contributed by atoms with van der Waals surface area (Å²) in [5.74, 6) is 0.743. The van der Waals surface area contributed by atoms with Gasteiger partial charge in [-0.05, 0) is 37.6 Å². The van der Waals surface area contributed by atoms with E-state index in [2.05, 4.69) is 5.32 Å². The minimum atomic E-state index is -3.10. The molecule has 0 spiro atoms. The molecule has 0 atom stereocenters. The summed E-state index contributed by atoms with van der Waals surface area (Å²) in [5, 5.41) is 2.91. The highest BCUT2D eigenvalue weighted by Gasteiger charge is 2.28. The second kappa shape index (κ2) is 7.27. The van der Waals surface area contributed by atoms with Gasteiger partial charge in [0.25, 0.3) is 0 Å². The topological polar surface area (TPSA) is 55.4 Å². The molecule has 0 aliphatic heterocycles. The van der Waals surface area contributed by atoms with Gasteiger partial charge in [-0.2, -0.15) is 0 Å². The van der Waals surface area contributed by atoms with Gasteiger partial charge in [0.1, 0.15) is 5.75 Å². The Morgan fingerprint density at radius 2 is 1.95 bits per heavy atom. The van der Waals surface area contributed by atoms with E-state index in [4.69, 9.17) is 4.74 Å². The number of nitrogens with one attached hydrogen (secondary N) is 1. The Morgan fingerprint density at radius 3 is 2.57 bits per heavy atom. The van der Waals surface area contributed by atoms with E-state index >= 15 is 0 Å². The fraction of sp³-hybridized carbons (Fsp3) is 0.625. The van der Waals surface area contributed by atoms with E-state index in [1.54, 1.807) is 7.11 Å². The Morgan fingerprint density at radius 1 is 1.24 bits per heavy atom. The van der Waals surface area contributed by atoms with Crippen LogP contribution in [-0.2, 0) is 22.1 Å². The van der Waals surface area contributed by atoms with Crippen LogP contribution in [-0.4, -0.2) is 27.8 Å². The van der Waals surface area contributed by atoms with Crippen molar-refractivity contribution in [3.8, 4) is 5.75 Å². The van der Waals surface area contributed by atoms with Crippen LogP contribution < -0.4 is 10.1 Å². The van der Waals surface area contributed by atoms with E-state index < -0.39 is 9.84 Å². The molecule has 1 fully saturated rings. The van der Waals surface area contributed by atoms with Crippen molar-refractivity contribution < 1.29 is 13.2 Å². The second-order valence-electron chi connectivity index (χ2n) is 5.74. The molecule has 118 valence electrons. The van der Waals surface area contributed by atoms with Gasteiger partial charge in [0.2, 0.25) is 0 Å². The van der Waals surface area contributed by atoms with E-state index in [-0.39, 0.29) is 11.0 Å². The number of rotatable bonds is 6. The first-order valence-electron chi connectivity index (χ1n) is 7.59. The van der Waals surface area contributed by atoms with Crippen LogP contribution in [0.1, 0.15) is 43.2 Å². The van der Waals surface area contributed by atoms with Crippen LogP contribution in [0, 0.1) is 0 Å². The van der Waals surface area contributed by atoms with Crippen molar-refractivity contribution in [2.24, 2.45) is 0 Å². The zero-order valence-corrected chi connectivity index (χ0v) is 13.7. The van der Waals surface area contributed by atoms with Crippen molar-refractivity contribution in [2.45, 2.75) is 49.7 Å². The van der Waals surface area contributed by atoms with Gasteiger partial charge in [-0.15, -0.1) is 0 Å². The first-order valence-corrected chi connectivity index (χ1v) is 9.30. The molecule has 21 heavy (non-hydrogen) atoms. The smallest absolute Gasteiger partial charge is 0.157 e. The summed E-state index contributed by atoms with van der Waals surface area (Å²) in [7, 11) is 0.364. The highest BCUT2D eigenvalue weighted by Crippen LogP contribution is 2.29. The van der Waals surface area contributed by atoms with Gasteiger partial charge < -0.3 is 10.1 Å². The number of sulfone groups is 1. The largest absolute Gasteiger partial charge is 0.496 e. The lowest BCUT2D eigenvalue weighted by molar-refractivity contribution is 0.410. The summed E-state index contributed by atoms with van der Waals surface area (Å²) in [4.78, 5) is 0. The molecule has 1 N–H and O–H groups in total. The zero-order valence-electron chi connectivity index (χ0n) is 12.9. The zero-order chi connectivity index (χ0) is 15.3. The monoisotopic (exact) mass is 311 g/mol. The molecule has 4 nitrogen and oxygen atoms in total. The van der Waals surface area contributed by atoms with Crippen molar-refractivity contribution in [1.82, 2.24) is 5.32 Å². The molecule has 2 rings (SSSR count). The predicted octanol–water partition coefficient (Wildman–Crippen LogP) is 2.66. The number of benzene rings is 1. The van der Waals surface area contributed by atoms with E-state index in [1.807, 2.05) is 25.2 Å². The Bertz CT molecular complexity index is 563. The van der Waals surface area contributed by atoms with Crippen molar-refractivity contribution in [3.05, 3.63) is 29.3 Å². The fourth-order valence-corrected chi connectivity index (χ4v) is 4.96. The van der Waals surface area contributed by atoms with Crippen molar-refractivity contribution in [2.75, 3.05) is 14.2 Å². The summed E-state index contributed by atoms with van der Waals surface area (Å²) in [6.45, 7) is 0.723. The third kappa shape index (κ3) is 4.20. The van der Waals surface area contributed by atoms with E-state index in [0.29, 0.717) is 5.75 Å². The molecule has 0 radical (unpaired) electrons. The maximum atomic E-state index is 12.6. The van der Waals surface area contributed by atoms with Crippen LogP contribution in [0.3, 0.4) is 0 Å². The third-order valence-electron chi connectivity index (χ3n) is 4.14. The number of hydrogen-bond donors (Lipinski definition) is 1. The second-order valence-corrected chi connectivity index (χ2v) is 8.02. The van der Waals surface area contributed by atoms with Gasteiger partial charge in [-0.25, -0.2) is 8.42 Å². The van der Waals surface area contributed by atoms with Crippen LogP contribution in [0.15, 0.2) is 18.2 Å². The summed E-state index contributed by atoms with van der Waals surface area (Å²) in [6.07, 6.45) is 4.83. The summed E-state index contributed by atoms with van der Waals surface area (Å²) in [6, 6.07) is 5.76. The molecule has 1 aliphatic carbocycles. The minimum absolute atomic E-state index is 0.0817. The molecule has 1 aromatic rings. The standard InChI is InChI=1S/C16H25NO3S/c1-17-11-13-8-9-16(20-2)14(10-13)12-21(18,19)15-6-4-3-5-7-15/h8-10,15,17H,3-7,11-12H2,1-2H3. The summed E-state index contributed by atoms with van der Waals surface area (Å²) in [5.41, 5.74) is 1.85. The highest BCUT2D eigenvalue weighted by atomic mass is 32.2. The molecule has 0 aromatic heterocycles. The van der Waals surface area contributed by atoms with Gasteiger partial charge in [-0.3, -0.25) is 0 Å². The molecule has 1 aromatic carbocycles. The summed E-state index contributed by atoms with van der Waals surface area (Å²) >= 11 is 0. The lowest BCUT2D eigenvalue weighted by atomic mass is 10.0. The van der Waals surface area contributed by atoms with Gasteiger partial charge in [0.15, 0.2) is 9.84 Å². The average Bonchev–Trinajstić information content (AvgIpc) is 2.48. The van der Waals surface area contributed by atoms with Gasteiger partial charge in [0, 0.05) is 12.1 Å². The molecular weight excluding hydrogens is 286 g/mol. The molecule has 0 unspecified atom stereocenters. The molecule has 5 heteroatoms. The van der Waals surface area contributed by atoms with Gasteiger partial charge in [0.05, 0.1) is 18.1 Å². The molecule has 0 bridgehead atoms. The minimum Gasteiger partial charge on any atom is -0.496 e. The Kier molecular flexibility index (Phi) is 5.65. The average molecular weight is 311 g/mol. The lowest BCUT2D eigenvalue weighted by Crippen LogP contribution is -2.25. The molecule has 0 amide bonds. The van der Waals surface area contributed by atoms with Crippen molar-refractivity contribution >= 4 is 9.84 Å². The maximum absolute atomic E-state index is 12.6. The molecular formula is C16H25NO3S. The van der Waals surface area contributed by atoms with Crippen LogP contribution >= 0.6 is 0 Å². The van der Waals surface area contributed by atoms with E-state index in [9.17, 15) is 8.42 Å². The SMILES string of the molecule is CNCc1ccc(OC)c(CS(=O)(=O)C2CCCCC2)c1.